The predicted molar refractivity (Wildman–Crippen MR) is 120 cm³/mol. The van der Waals surface area contributed by atoms with E-state index in [1.807, 2.05) is 47.4 Å². The summed E-state index contributed by atoms with van der Waals surface area (Å²) >= 11 is 1.48. The topological polar surface area (TPSA) is 65.1 Å². The van der Waals surface area contributed by atoms with Crippen molar-refractivity contribution in [2.24, 2.45) is 5.92 Å². The number of rotatable bonds is 6. The van der Waals surface area contributed by atoms with E-state index >= 15 is 0 Å². The molecule has 7 heteroatoms. The van der Waals surface area contributed by atoms with Gasteiger partial charge in [-0.2, -0.15) is 0 Å². The van der Waals surface area contributed by atoms with Gasteiger partial charge < -0.3 is 19.1 Å². The summed E-state index contributed by atoms with van der Waals surface area (Å²) in [6.07, 6.45) is 4.62. The van der Waals surface area contributed by atoms with Gasteiger partial charge in [0.2, 0.25) is 12.7 Å². The Morgan fingerprint density at radius 2 is 2.00 bits per heavy atom. The Morgan fingerprint density at radius 1 is 1.19 bits per heavy atom. The summed E-state index contributed by atoms with van der Waals surface area (Å²) < 4.78 is 16.8. The van der Waals surface area contributed by atoms with Gasteiger partial charge in [-0.15, -0.1) is 0 Å². The smallest absolute Gasteiger partial charge is 0.303 e. The van der Waals surface area contributed by atoms with Gasteiger partial charge in [-0.3, -0.25) is 9.59 Å². The molecular weight excluding hydrogens is 426 g/mol. The van der Waals surface area contributed by atoms with Crippen LogP contribution in [0.2, 0.25) is 0 Å². The van der Waals surface area contributed by atoms with Crippen molar-refractivity contribution < 1.29 is 23.8 Å². The molecule has 6 nitrogen and oxygen atoms in total. The first-order chi connectivity index (χ1) is 15.6. The fourth-order valence-electron chi connectivity index (χ4n) is 5.45. The van der Waals surface area contributed by atoms with Crippen LogP contribution in [0.4, 0.5) is 0 Å². The highest BCUT2D eigenvalue weighted by Crippen LogP contribution is 2.54. The van der Waals surface area contributed by atoms with E-state index in [0.717, 1.165) is 47.6 Å². The highest BCUT2D eigenvalue weighted by Gasteiger charge is 2.55. The molecule has 2 heterocycles. The predicted octanol–water partition coefficient (Wildman–Crippen LogP) is 4.71. The number of fused-ring (bicyclic) bond motifs is 2. The molecule has 1 aliphatic carbocycles. The molecule has 32 heavy (non-hydrogen) atoms. The SMILES string of the molecule is CC(=O)OC(CN1C(=O)C[C@H]2CCCC[C@@]21c1ccc2c(c1)OCO2)Sc1ccccc1. The highest BCUT2D eigenvalue weighted by molar-refractivity contribution is 7.99. The first-order valence-electron chi connectivity index (χ1n) is 11.2. The number of hydrogen-bond donors (Lipinski definition) is 0. The second-order valence-electron chi connectivity index (χ2n) is 8.61. The maximum Gasteiger partial charge on any atom is 0.303 e. The number of likely N-dealkylation sites (tertiary alicyclic amines) is 1. The van der Waals surface area contributed by atoms with Crippen LogP contribution in [0.5, 0.6) is 11.5 Å². The summed E-state index contributed by atoms with van der Waals surface area (Å²) in [6, 6.07) is 15.9. The number of amides is 1. The maximum atomic E-state index is 13.3. The molecule has 1 saturated heterocycles. The summed E-state index contributed by atoms with van der Waals surface area (Å²) in [5, 5.41) is 0. The third-order valence-electron chi connectivity index (χ3n) is 6.75. The standard InChI is InChI=1S/C25H27NO5S/c1-17(27)31-24(32-20-8-3-2-4-9-20)15-26-23(28)14-18-7-5-6-12-25(18,26)19-10-11-21-22(13-19)30-16-29-21/h2-4,8-11,13,18,24H,5-7,12,14-16H2,1H3/t18-,24?,25+/m1/s1. The van der Waals surface area contributed by atoms with Crippen LogP contribution < -0.4 is 9.47 Å². The van der Waals surface area contributed by atoms with Gasteiger partial charge in [-0.05, 0) is 48.6 Å². The van der Waals surface area contributed by atoms with E-state index in [1.165, 1.54) is 18.7 Å². The number of esters is 1. The van der Waals surface area contributed by atoms with Crippen LogP contribution in [0.25, 0.3) is 0 Å². The van der Waals surface area contributed by atoms with Crippen molar-refractivity contribution in [1.82, 2.24) is 4.90 Å². The first kappa shape index (κ1) is 21.2. The summed E-state index contributed by atoms with van der Waals surface area (Å²) in [5.74, 6) is 1.49. The van der Waals surface area contributed by atoms with Crippen LogP contribution in [0.15, 0.2) is 53.4 Å². The summed E-state index contributed by atoms with van der Waals surface area (Å²) in [4.78, 5) is 28.2. The largest absolute Gasteiger partial charge is 0.454 e. The molecule has 5 rings (SSSR count). The summed E-state index contributed by atoms with van der Waals surface area (Å²) in [7, 11) is 0. The lowest BCUT2D eigenvalue weighted by Crippen LogP contribution is -2.50. The quantitative estimate of drug-likeness (QED) is 0.358. The molecule has 1 unspecified atom stereocenters. The molecule has 2 aliphatic heterocycles. The van der Waals surface area contributed by atoms with E-state index in [4.69, 9.17) is 14.2 Å². The van der Waals surface area contributed by atoms with Crippen molar-refractivity contribution in [1.29, 1.82) is 0 Å². The Balaban J connectivity index is 1.49. The van der Waals surface area contributed by atoms with E-state index in [1.54, 1.807) is 0 Å². The normalized spacial score (nSPS) is 24.8. The molecule has 3 atom stereocenters. The third kappa shape index (κ3) is 3.83. The molecule has 3 aliphatic rings. The van der Waals surface area contributed by atoms with Gasteiger partial charge >= 0.3 is 5.97 Å². The highest BCUT2D eigenvalue weighted by atomic mass is 32.2. The lowest BCUT2D eigenvalue weighted by molar-refractivity contribution is -0.146. The Bertz CT molecular complexity index is 1010. The van der Waals surface area contributed by atoms with Gasteiger partial charge in [0, 0.05) is 18.2 Å². The average Bonchev–Trinajstić information content (AvgIpc) is 3.36. The summed E-state index contributed by atoms with van der Waals surface area (Å²) in [5.41, 5.74) is 0.195. The summed E-state index contributed by atoms with van der Waals surface area (Å²) in [6.45, 7) is 1.99. The molecule has 0 N–H and O–H groups in total. The molecular formula is C25H27NO5S. The molecule has 0 bridgehead atoms. The minimum Gasteiger partial charge on any atom is -0.454 e. The van der Waals surface area contributed by atoms with E-state index in [0.29, 0.717) is 13.0 Å². The monoisotopic (exact) mass is 453 g/mol. The van der Waals surface area contributed by atoms with Crippen molar-refractivity contribution in [3.8, 4) is 11.5 Å². The third-order valence-corrected chi connectivity index (χ3v) is 7.80. The van der Waals surface area contributed by atoms with Gasteiger partial charge in [0.25, 0.3) is 0 Å². The average molecular weight is 454 g/mol. The number of benzene rings is 2. The fraction of sp³-hybridized carbons (Fsp3) is 0.440. The van der Waals surface area contributed by atoms with Crippen LogP contribution in [0, 0.1) is 5.92 Å². The minimum absolute atomic E-state index is 0.125. The van der Waals surface area contributed by atoms with E-state index in [9.17, 15) is 9.59 Å². The van der Waals surface area contributed by atoms with Crippen LogP contribution >= 0.6 is 11.8 Å². The number of ether oxygens (including phenoxy) is 3. The fourth-order valence-corrected chi connectivity index (χ4v) is 6.47. The van der Waals surface area contributed by atoms with Gasteiger partial charge in [-0.1, -0.05) is 48.9 Å². The number of carbonyl (C=O) groups excluding carboxylic acids is 2. The molecule has 168 valence electrons. The van der Waals surface area contributed by atoms with Crippen LogP contribution in [-0.4, -0.2) is 35.6 Å². The zero-order chi connectivity index (χ0) is 22.1. The Kier molecular flexibility index (Phi) is 5.76. The van der Waals surface area contributed by atoms with E-state index < -0.39 is 11.0 Å². The van der Waals surface area contributed by atoms with Gasteiger partial charge in [0.05, 0.1) is 12.1 Å². The van der Waals surface area contributed by atoms with Gasteiger partial charge in [0.15, 0.2) is 16.9 Å². The van der Waals surface area contributed by atoms with E-state index in [2.05, 4.69) is 6.07 Å². The number of hydrogen-bond acceptors (Lipinski definition) is 6. The van der Waals surface area contributed by atoms with Gasteiger partial charge in [0.1, 0.15) is 0 Å². The Hall–Kier alpha value is -2.67. The Labute approximate surface area is 192 Å². The Morgan fingerprint density at radius 3 is 2.81 bits per heavy atom. The minimum atomic E-state index is -0.481. The number of carbonyl (C=O) groups is 2. The second-order valence-corrected chi connectivity index (χ2v) is 9.85. The zero-order valence-corrected chi connectivity index (χ0v) is 18.9. The lowest BCUT2D eigenvalue weighted by atomic mass is 9.69. The number of thioether (sulfide) groups is 1. The molecule has 2 aromatic carbocycles. The molecule has 0 aromatic heterocycles. The van der Waals surface area contributed by atoms with Crippen molar-refractivity contribution in [3.63, 3.8) is 0 Å². The van der Waals surface area contributed by atoms with Crippen molar-refractivity contribution >= 4 is 23.6 Å². The molecule has 2 fully saturated rings. The molecule has 1 amide bonds. The lowest BCUT2D eigenvalue weighted by Gasteiger charge is -2.46. The first-order valence-corrected chi connectivity index (χ1v) is 12.0. The zero-order valence-electron chi connectivity index (χ0n) is 18.1. The van der Waals surface area contributed by atoms with E-state index in [-0.39, 0.29) is 24.6 Å². The second kappa shape index (κ2) is 8.70. The van der Waals surface area contributed by atoms with Crippen LogP contribution in [0.3, 0.4) is 0 Å². The van der Waals surface area contributed by atoms with Crippen molar-refractivity contribution in [3.05, 3.63) is 54.1 Å². The van der Waals surface area contributed by atoms with Crippen molar-refractivity contribution in [2.45, 2.75) is 54.9 Å². The maximum absolute atomic E-state index is 13.3. The molecule has 2 aromatic rings. The molecule has 0 spiro atoms. The van der Waals surface area contributed by atoms with Crippen LogP contribution in [-0.2, 0) is 19.9 Å². The van der Waals surface area contributed by atoms with Gasteiger partial charge in [-0.25, -0.2) is 0 Å². The van der Waals surface area contributed by atoms with Crippen LogP contribution in [0.1, 0.15) is 44.6 Å². The molecule has 0 radical (unpaired) electrons. The number of nitrogens with zero attached hydrogens (tertiary/aromatic N) is 1. The molecule has 1 saturated carbocycles. The van der Waals surface area contributed by atoms with Crippen molar-refractivity contribution in [2.75, 3.05) is 13.3 Å².